The van der Waals surface area contributed by atoms with Crippen LogP contribution in [0.5, 0.6) is 0 Å². The largest absolute Gasteiger partial charge is 0.479 e. The summed E-state index contributed by atoms with van der Waals surface area (Å²) in [5.41, 5.74) is -6.45. The lowest BCUT2D eigenvalue weighted by atomic mass is 9.45. The number of carboxylic acid groups (broad SMARTS) is 1. The normalized spacial score (nSPS) is 54.0. The smallest absolute Gasteiger partial charge is 0.339 e. The lowest BCUT2D eigenvalue weighted by molar-refractivity contribution is -0.228. The highest BCUT2D eigenvalue weighted by molar-refractivity contribution is 6.01. The molecular weight excluding hydrogens is 355 g/mol. The average molecular weight is 380 g/mol. The number of fused-ring (bicyclic) bond motifs is 5. The molecular formula is C20H25FO6. The number of carbonyl (C=O) groups excluding carboxylic acids is 1. The van der Waals surface area contributed by atoms with Crippen molar-refractivity contribution in [1.29, 1.82) is 0 Å². The van der Waals surface area contributed by atoms with Crippen molar-refractivity contribution in [3.63, 3.8) is 0 Å². The topological polar surface area (TPSA) is 115 Å². The van der Waals surface area contributed by atoms with E-state index in [9.17, 15) is 30.0 Å². The standard InChI is InChI=1S/C20H25FO6/c1-17-6-5-11(22)7-10(17)3-4-12-13-8-14(23)20(27,16(25)26)18(13,2)9-15(24)19(12,17)21/h5-7,12-15,23-24,27H,3-4,8-9H2,1-2H3,(H,25,26)/t12-,13-,14+,15+,17-,18-,19-,20-/m0/s1. The van der Waals surface area contributed by atoms with Crippen LogP contribution in [0.25, 0.3) is 0 Å². The van der Waals surface area contributed by atoms with Gasteiger partial charge in [0.1, 0.15) is 0 Å². The molecule has 0 aromatic heterocycles. The van der Waals surface area contributed by atoms with Gasteiger partial charge in [-0.25, -0.2) is 9.18 Å². The summed E-state index contributed by atoms with van der Waals surface area (Å²) >= 11 is 0. The summed E-state index contributed by atoms with van der Waals surface area (Å²) in [5.74, 6) is -3.11. The summed E-state index contributed by atoms with van der Waals surface area (Å²) in [5, 5.41) is 41.8. The van der Waals surface area contributed by atoms with Gasteiger partial charge in [-0.3, -0.25) is 4.79 Å². The number of aliphatic hydroxyl groups is 3. The lowest BCUT2D eigenvalue weighted by Crippen LogP contribution is -2.69. The quantitative estimate of drug-likeness (QED) is 0.542. The first kappa shape index (κ1) is 18.8. The first-order chi connectivity index (χ1) is 12.4. The Morgan fingerprint density at radius 2 is 1.89 bits per heavy atom. The van der Waals surface area contributed by atoms with Crippen LogP contribution in [0.3, 0.4) is 0 Å². The van der Waals surface area contributed by atoms with Crippen molar-refractivity contribution < 1.29 is 34.4 Å². The molecule has 0 aliphatic heterocycles. The van der Waals surface area contributed by atoms with Gasteiger partial charge in [-0.05, 0) is 50.7 Å². The van der Waals surface area contributed by atoms with E-state index in [1.54, 1.807) is 6.92 Å². The molecule has 4 aliphatic carbocycles. The third-order valence-corrected chi connectivity index (χ3v) is 8.19. The molecule has 0 aromatic carbocycles. The van der Waals surface area contributed by atoms with Gasteiger partial charge in [-0.1, -0.05) is 18.6 Å². The predicted octanol–water partition coefficient (Wildman–Crippen LogP) is 1.14. The summed E-state index contributed by atoms with van der Waals surface area (Å²) in [4.78, 5) is 23.6. The van der Waals surface area contributed by atoms with Crippen LogP contribution >= 0.6 is 0 Å². The van der Waals surface area contributed by atoms with Crippen molar-refractivity contribution in [2.24, 2.45) is 22.7 Å². The molecule has 4 rings (SSSR count). The molecule has 3 fully saturated rings. The SMILES string of the molecule is C[C@]12C=CC(=O)C=C1CC[C@H]1[C@@H]3C[C@@H](O)[C@](O)(C(=O)O)[C@@]3(C)C[C@@H](O)[C@@]12F. The van der Waals surface area contributed by atoms with Crippen molar-refractivity contribution in [1.82, 2.24) is 0 Å². The number of carbonyl (C=O) groups is 2. The number of hydrogen-bond donors (Lipinski definition) is 4. The second-order valence-corrected chi connectivity index (χ2v) is 9.09. The zero-order valence-corrected chi connectivity index (χ0v) is 15.4. The van der Waals surface area contributed by atoms with E-state index in [2.05, 4.69) is 0 Å². The maximum Gasteiger partial charge on any atom is 0.339 e. The number of allylic oxidation sites excluding steroid dienone is 4. The van der Waals surface area contributed by atoms with Crippen molar-refractivity contribution >= 4 is 11.8 Å². The summed E-state index contributed by atoms with van der Waals surface area (Å²) in [7, 11) is 0. The van der Waals surface area contributed by atoms with Crippen LogP contribution < -0.4 is 0 Å². The molecule has 148 valence electrons. The van der Waals surface area contributed by atoms with E-state index >= 15 is 4.39 Å². The summed E-state index contributed by atoms with van der Waals surface area (Å²) < 4.78 is 16.7. The van der Waals surface area contributed by atoms with Gasteiger partial charge in [0.05, 0.1) is 12.2 Å². The van der Waals surface area contributed by atoms with Gasteiger partial charge in [-0.2, -0.15) is 0 Å². The van der Waals surface area contributed by atoms with Gasteiger partial charge in [0.15, 0.2) is 17.1 Å². The molecule has 0 unspecified atom stereocenters. The minimum absolute atomic E-state index is 0.0415. The average Bonchev–Trinajstić information content (AvgIpc) is 2.79. The number of rotatable bonds is 1. The van der Waals surface area contributed by atoms with E-state index in [0.29, 0.717) is 18.4 Å². The van der Waals surface area contributed by atoms with Gasteiger partial charge in [0.2, 0.25) is 0 Å². The maximum absolute atomic E-state index is 16.7. The van der Waals surface area contributed by atoms with Gasteiger partial charge in [-0.15, -0.1) is 0 Å². The highest BCUT2D eigenvalue weighted by Crippen LogP contribution is 2.69. The second kappa shape index (κ2) is 5.27. The first-order valence-electron chi connectivity index (χ1n) is 9.38. The molecule has 7 heteroatoms. The third kappa shape index (κ3) is 1.90. The number of ketones is 1. The molecule has 0 bridgehead atoms. The monoisotopic (exact) mass is 380 g/mol. The van der Waals surface area contributed by atoms with Crippen molar-refractivity contribution in [2.45, 2.75) is 63.0 Å². The molecule has 3 saturated carbocycles. The Kier molecular flexibility index (Phi) is 3.67. The van der Waals surface area contributed by atoms with E-state index in [1.165, 1.54) is 25.2 Å². The molecule has 0 heterocycles. The minimum atomic E-state index is -2.44. The van der Waals surface area contributed by atoms with Crippen LogP contribution in [0, 0.1) is 22.7 Å². The fourth-order valence-electron chi connectivity index (χ4n) is 6.61. The third-order valence-electron chi connectivity index (χ3n) is 8.19. The fourth-order valence-corrected chi connectivity index (χ4v) is 6.61. The predicted molar refractivity (Wildman–Crippen MR) is 92.3 cm³/mol. The summed E-state index contributed by atoms with van der Waals surface area (Å²) in [6.07, 6.45) is 1.62. The second-order valence-electron chi connectivity index (χ2n) is 9.09. The fraction of sp³-hybridized carbons (Fsp3) is 0.700. The van der Waals surface area contributed by atoms with E-state index in [-0.39, 0.29) is 18.6 Å². The van der Waals surface area contributed by atoms with Gasteiger partial charge in [0, 0.05) is 16.7 Å². The molecule has 6 nitrogen and oxygen atoms in total. The Balaban J connectivity index is 1.85. The Labute approximate surface area is 156 Å². The van der Waals surface area contributed by atoms with Crippen LogP contribution in [0.15, 0.2) is 23.8 Å². The number of carboxylic acids is 1. The van der Waals surface area contributed by atoms with Crippen molar-refractivity contribution in [2.75, 3.05) is 0 Å². The number of alkyl halides is 1. The van der Waals surface area contributed by atoms with E-state index in [4.69, 9.17) is 0 Å². The molecule has 27 heavy (non-hydrogen) atoms. The summed E-state index contributed by atoms with van der Waals surface area (Å²) in [6, 6.07) is 0. The zero-order valence-electron chi connectivity index (χ0n) is 15.4. The maximum atomic E-state index is 16.7. The van der Waals surface area contributed by atoms with E-state index < -0.39 is 52.1 Å². The Hall–Kier alpha value is -1.57. The molecule has 0 aromatic rings. The highest BCUT2D eigenvalue weighted by Gasteiger charge is 2.76. The molecule has 8 atom stereocenters. The molecule has 0 saturated heterocycles. The Morgan fingerprint density at radius 1 is 1.22 bits per heavy atom. The zero-order chi connectivity index (χ0) is 20.0. The summed E-state index contributed by atoms with van der Waals surface area (Å²) in [6.45, 7) is 3.19. The van der Waals surface area contributed by atoms with E-state index in [1.807, 2.05) is 0 Å². The highest BCUT2D eigenvalue weighted by atomic mass is 19.1. The van der Waals surface area contributed by atoms with Crippen LogP contribution in [-0.4, -0.2) is 55.7 Å². The van der Waals surface area contributed by atoms with Gasteiger partial charge >= 0.3 is 5.97 Å². The lowest BCUT2D eigenvalue weighted by Gasteiger charge is -2.62. The minimum Gasteiger partial charge on any atom is -0.479 e. The van der Waals surface area contributed by atoms with Gasteiger partial charge < -0.3 is 20.4 Å². The van der Waals surface area contributed by atoms with Crippen LogP contribution in [0.2, 0.25) is 0 Å². The first-order valence-corrected chi connectivity index (χ1v) is 9.38. The van der Waals surface area contributed by atoms with Crippen molar-refractivity contribution in [3.8, 4) is 0 Å². The molecule has 0 amide bonds. The Bertz CT molecular complexity index is 791. The molecule has 0 radical (unpaired) electrons. The van der Waals surface area contributed by atoms with Gasteiger partial charge in [0.25, 0.3) is 0 Å². The number of aliphatic hydroxyl groups excluding tert-OH is 2. The van der Waals surface area contributed by atoms with Crippen LogP contribution in [0.1, 0.15) is 39.5 Å². The molecule has 4 aliphatic rings. The van der Waals surface area contributed by atoms with Crippen LogP contribution in [-0.2, 0) is 9.59 Å². The van der Waals surface area contributed by atoms with Crippen molar-refractivity contribution in [3.05, 3.63) is 23.8 Å². The number of halogens is 1. The number of hydrogen-bond acceptors (Lipinski definition) is 5. The molecule has 0 spiro atoms. The Morgan fingerprint density at radius 3 is 2.52 bits per heavy atom. The van der Waals surface area contributed by atoms with Crippen LogP contribution in [0.4, 0.5) is 4.39 Å². The van der Waals surface area contributed by atoms with E-state index in [0.717, 1.165) is 0 Å². The number of aliphatic carboxylic acids is 1. The molecule has 4 N–H and O–H groups in total.